The molecule has 0 heterocycles. The molecule has 0 saturated carbocycles. The number of non-ortho nitro benzene ring substituents is 1. The fraction of sp³-hybridized carbons (Fsp3) is 0.143. The lowest BCUT2D eigenvalue weighted by Gasteiger charge is -2.16. The molecule has 1 aromatic carbocycles. The van der Waals surface area contributed by atoms with Crippen molar-refractivity contribution in [1.82, 2.24) is 0 Å². The third-order valence-corrected chi connectivity index (χ3v) is 1.98. The zero-order valence-corrected chi connectivity index (χ0v) is 8.19. The topological polar surface area (TPSA) is 43.1 Å². The van der Waals surface area contributed by atoms with Gasteiger partial charge in [-0.2, -0.15) is 0 Å². The van der Waals surface area contributed by atoms with Gasteiger partial charge in [0.05, 0.1) is 20.6 Å². The van der Waals surface area contributed by atoms with E-state index < -0.39 is 9.05 Å². The van der Waals surface area contributed by atoms with Gasteiger partial charge in [-0.05, 0) is 9.69 Å². The van der Waals surface area contributed by atoms with Crippen LogP contribution in [0.4, 0.5) is 5.69 Å². The van der Waals surface area contributed by atoms with E-state index in [1.165, 1.54) is 24.3 Å². The Morgan fingerprint density at radius 3 is 2.08 bits per heavy atom. The van der Waals surface area contributed by atoms with Crippen LogP contribution in [-0.2, 0) is 4.12 Å². The molecule has 1 rings (SSSR count). The van der Waals surface area contributed by atoms with E-state index in [0.717, 1.165) is 0 Å². The van der Waals surface area contributed by atoms with Crippen LogP contribution in [0.15, 0.2) is 24.3 Å². The smallest absolute Gasteiger partial charge is 0.258 e. The third-order valence-electron chi connectivity index (χ3n) is 1.52. The van der Waals surface area contributed by atoms with Crippen LogP contribution in [0, 0.1) is 10.1 Å². The van der Waals surface area contributed by atoms with Gasteiger partial charge in [0, 0.05) is 12.1 Å². The summed E-state index contributed by atoms with van der Waals surface area (Å²) < 4.78 is -1.14. The highest BCUT2D eigenvalue weighted by atomic mass is 79.9. The van der Waals surface area contributed by atoms with E-state index in [4.69, 9.17) is 15.7 Å². The Morgan fingerprint density at radius 2 is 1.77 bits per heavy atom. The first-order chi connectivity index (χ1) is 5.91. The number of nitrogens with zero attached hydrogens (tertiary/aromatic N) is 1. The molecule has 0 aliphatic heterocycles. The molecule has 0 amide bonds. The minimum atomic E-state index is -1.14. The molecule has 62 valence electrons. The number of rotatable bonds is 2. The van der Waals surface area contributed by atoms with E-state index in [9.17, 15) is 10.1 Å². The molecule has 0 N–H and O–H groups in total. The molecule has 13 heavy (non-hydrogen) atoms. The van der Waals surface area contributed by atoms with Crippen LogP contribution in [0.5, 0.6) is 0 Å². The van der Waals surface area contributed by atoms with Crippen LogP contribution in [0.25, 0.3) is 0 Å². The van der Waals surface area contributed by atoms with Crippen molar-refractivity contribution in [2.45, 2.75) is 4.12 Å². The second-order valence-corrected chi connectivity index (χ2v) is 3.88. The monoisotopic (exact) mass is 235 g/mol. The van der Waals surface area contributed by atoms with Crippen LogP contribution in [0.1, 0.15) is 5.56 Å². The van der Waals surface area contributed by atoms with E-state index >= 15 is 0 Å². The molecule has 0 aliphatic rings. The van der Waals surface area contributed by atoms with Gasteiger partial charge in [-0.3, -0.25) is 10.1 Å². The molecule has 0 unspecified atom stereocenters. The van der Waals surface area contributed by atoms with E-state index in [2.05, 4.69) is 15.9 Å². The van der Waals surface area contributed by atoms with Crippen LogP contribution in [0.2, 0.25) is 0 Å². The van der Waals surface area contributed by atoms with Crippen molar-refractivity contribution in [2.24, 2.45) is 0 Å². The van der Waals surface area contributed by atoms with Crippen molar-refractivity contribution >= 4 is 37.3 Å². The molecular formula is C7H4B2BrNO2. The van der Waals surface area contributed by atoms with Crippen LogP contribution in [0.3, 0.4) is 0 Å². The van der Waals surface area contributed by atoms with Crippen molar-refractivity contribution in [2.75, 3.05) is 0 Å². The van der Waals surface area contributed by atoms with Gasteiger partial charge in [-0.15, -0.1) is 15.9 Å². The molecule has 0 saturated heterocycles. The number of hydrogen-bond donors (Lipinski definition) is 0. The van der Waals surface area contributed by atoms with Gasteiger partial charge in [0.25, 0.3) is 5.69 Å². The van der Waals surface area contributed by atoms with Crippen molar-refractivity contribution in [3.8, 4) is 0 Å². The number of nitro groups is 1. The number of nitro benzene ring substituents is 1. The molecular weight excluding hydrogens is 232 g/mol. The summed E-state index contributed by atoms with van der Waals surface area (Å²) in [6.45, 7) is 0. The SMILES string of the molecule is [B]C([B])(Br)c1ccc([N+](=O)[O-])cc1. The Balaban J connectivity index is 3.01. The average Bonchev–Trinajstić information content (AvgIpc) is 2.03. The second kappa shape index (κ2) is 3.54. The summed E-state index contributed by atoms with van der Waals surface area (Å²) >= 11 is 3.03. The van der Waals surface area contributed by atoms with Gasteiger partial charge in [0.2, 0.25) is 0 Å². The summed E-state index contributed by atoms with van der Waals surface area (Å²) in [7, 11) is 11.0. The lowest BCUT2D eigenvalue weighted by Crippen LogP contribution is -2.17. The minimum Gasteiger partial charge on any atom is -0.258 e. The number of benzene rings is 1. The first-order valence-electron chi connectivity index (χ1n) is 3.43. The summed E-state index contributed by atoms with van der Waals surface area (Å²) in [5, 5.41) is 10.3. The lowest BCUT2D eigenvalue weighted by atomic mass is 9.66. The highest BCUT2D eigenvalue weighted by Gasteiger charge is 2.15. The van der Waals surface area contributed by atoms with Crippen LogP contribution >= 0.6 is 15.9 Å². The molecule has 0 aliphatic carbocycles. The van der Waals surface area contributed by atoms with E-state index in [-0.39, 0.29) is 5.69 Å². The van der Waals surface area contributed by atoms with Crippen molar-refractivity contribution in [3.05, 3.63) is 39.9 Å². The van der Waals surface area contributed by atoms with Crippen molar-refractivity contribution in [3.63, 3.8) is 0 Å². The van der Waals surface area contributed by atoms with Gasteiger partial charge in [0.1, 0.15) is 0 Å². The zero-order chi connectivity index (χ0) is 10.1. The highest BCUT2D eigenvalue weighted by Crippen LogP contribution is 2.25. The minimum absolute atomic E-state index is 0.0144. The number of alkyl halides is 1. The summed E-state index contributed by atoms with van der Waals surface area (Å²) in [5.74, 6) is 0. The molecule has 0 spiro atoms. The average molecular weight is 236 g/mol. The van der Waals surface area contributed by atoms with Gasteiger partial charge in [-0.1, -0.05) is 12.1 Å². The molecule has 0 bridgehead atoms. The molecule has 3 nitrogen and oxygen atoms in total. The summed E-state index contributed by atoms with van der Waals surface area (Å²) in [4.78, 5) is 9.81. The first-order valence-corrected chi connectivity index (χ1v) is 4.22. The number of hydrogen-bond acceptors (Lipinski definition) is 2. The Hall–Kier alpha value is -0.770. The maximum Gasteiger partial charge on any atom is 0.269 e. The summed E-state index contributed by atoms with van der Waals surface area (Å²) in [6.07, 6.45) is 0. The maximum absolute atomic E-state index is 10.3. The standard InChI is InChI=1S/C7H4B2BrNO2/c8-7(9,10)5-1-3-6(4-2-5)11(12)13/h1-4H. The Morgan fingerprint density at radius 1 is 1.31 bits per heavy atom. The van der Waals surface area contributed by atoms with Crippen LogP contribution < -0.4 is 0 Å². The quantitative estimate of drug-likeness (QED) is 0.337. The normalized spacial score (nSPS) is 11.2. The zero-order valence-electron chi connectivity index (χ0n) is 6.61. The fourth-order valence-electron chi connectivity index (χ4n) is 0.839. The largest absolute Gasteiger partial charge is 0.269 e. The third kappa shape index (κ3) is 2.59. The summed E-state index contributed by atoms with van der Waals surface area (Å²) in [5.41, 5.74) is 0.596. The van der Waals surface area contributed by atoms with Gasteiger partial charge in [0.15, 0.2) is 0 Å². The molecule has 4 radical (unpaired) electrons. The molecule has 1 aromatic rings. The number of halogens is 1. The molecule has 0 aromatic heterocycles. The lowest BCUT2D eigenvalue weighted by molar-refractivity contribution is -0.384. The maximum atomic E-state index is 10.3. The van der Waals surface area contributed by atoms with E-state index in [1.807, 2.05) is 0 Å². The second-order valence-electron chi connectivity index (χ2n) is 2.57. The van der Waals surface area contributed by atoms with Gasteiger partial charge >= 0.3 is 0 Å². The van der Waals surface area contributed by atoms with Gasteiger partial charge < -0.3 is 0 Å². The van der Waals surface area contributed by atoms with E-state index in [0.29, 0.717) is 5.56 Å². The van der Waals surface area contributed by atoms with Gasteiger partial charge in [-0.25, -0.2) is 0 Å². The molecule has 6 heteroatoms. The van der Waals surface area contributed by atoms with Crippen molar-refractivity contribution in [1.29, 1.82) is 0 Å². The first kappa shape index (κ1) is 10.3. The summed E-state index contributed by atoms with van der Waals surface area (Å²) in [6, 6.07) is 5.72. The van der Waals surface area contributed by atoms with Crippen LogP contribution in [-0.4, -0.2) is 20.6 Å². The van der Waals surface area contributed by atoms with E-state index in [1.54, 1.807) is 0 Å². The highest BCUT2D eigenvalue weighted by molar-refractivity contribution is 9.10. The predicted octanol–water partition coefficient (Wildman–Crippen LogP) is 1.44. The Bertz CT molecular complexity index is 320. The molecule has 0 fully saturated rings. The van der Waals surface area contributed by atoms with Crippen molar-refractivity contribution < 1.29 is 4.92 Å². The molecule has 0 atom stereocenters. The predicted molar refractivity (Wildman–Crippen MR) is 55.2 cm³/mol. The Labute approximate surface area is 86.6 Å². The Kier molecular flexibility index (Phi) is 2.80. The fourth-order valence-corrected chi connectivity index (χ4v) is 1.10.